The Morgan fingerprint density at radius 3 is 2.63 bits per heavy atom. The monoisotopic (exact) mass is 468 g/mol. The molecule has 10 nitrogen and oxygen atoms in total. The quantitative estimate of drug-likeness (QED) is 0.171. The van der Waals surface area contributed by atoms with Crippen molar-refractivity contribution in [3.63, 3.8) is 0 Å². The number of aromatic nitrogens is 3. The molecule has 0 spiro atoms. The van der Waals surface area contributed by atoms with E-state index < -0.39 is 0 Å². The first-order valence-electron chi connectivity index (χ1n) is 10.8. The molecule has 0 saturated heterocycles. The number of hydrogen-bond acceptors (Lipinski definition) is 8. The SMILES string of the molecule is COCCN=NNc1ccc(C(=O)Nc2cccc(Nc3nccc(-c4cccnc4)n3)c2)cc1. The molecule has 0 atom stereocenters. The summed E-state index contributed by atoms with van der Waals surface area (Å²) >= 11 is 0. The maximum Gasteiger partial charge on any atom is 0.255 e. The molecule has 0 fully saturated rings. The molecule has 4 aromatic rings. The van der Waals surface area contributed by atoms with Crippen LogP contribution in [-0.2, 0) is 4.74 Å². The van der Waals surface area contributed by atoms with Gasteiger partial charge in [0.25, 0.3) is 5.91 Å². The summed E-state index contributed by atoms with van der Waals surface area (Å²) in [5, 5.41) is 13.9. The zero-order valence-electron chi connectivity index (χ0n) is 19.0. The van der Waals surface area contributed by atoms with Crippen molar-refractivity contribution < 1.29 is 9.53 Å². The largest absolute Gasteiger partial charge is 0.383 e. The van der Waals surface area contributed by atoms with E-state index in [9.17, 15) is 4.79 Å². The number of hydrogen-bond donors (Lipinski definition) is 3. The van der Waals surface area contributed by atoms with E-state index in [1.54, 1.807) is 50.0 Å². The molecule has 0 bridgehead atoms. The maximum atomic E-state index is 12.7. The molecule has 2 aromatic carbocycles. The lowest BCUT2D eigenvalue weighted by Crippen LogP contribution is -2.12. The van der Waals surface area contributed by atoms with Crippen LogP contribution in [-0.4, -0.2) is 41.1 Å². The average Bonchev–Trinajstić information content (AvgIpc) is 2.90. The number of methoxy groups -OCH3 is 1. The number of benzene rings is 2. The fraction of sp³-hybridized carbons (Fsp3) is 0.120. The second-order valence-corrected chi connectivity index (χ2v) is 7.31. The lowest BCUT2D eigenvalue weighted by molar-refractivity contribution is 0.102. The molecule has 0 aliphatic rings. The third kappa shape index (κ3) is 6.89. The normalized spacial score (nSPS) is 10.8. The van der Waals surface area contributed by atoms with Crippen LogP contribution in [0.4, 0.5) is 23.0 Å². The van der Waals surface area contributed by atoms with Gasteiger partial charge < -0.3 is 15.4 Å². The van der Waals surface area contributed by atoms with Crippen molar-refractivity contribution in [2.24, 2.45) is 10.3 Å². The first kappa shape index (κ1) is 23.5. The van der Waals surface area contributed by atoms with Gasteiger partial charge in [-0.1, -0.05) is 11.3 Å². The minimum absolute atomic E-state index is 0.231. The van der Waals surface area contributed by atoms with Gasteiger partial charge in [0.05, 0.1) is 24.5 Å². The molecular weight excluding hydrogens is 444 g/mol. The highest BCUT2D eigenvalue weighted by molar-refractivity contribution is 6.04. The number of rotatable bonds is 10. The van der Waals surface area contributed by atoms with Crippen molar-refractivity contribution in [3.05, 3.63) is 90.9 Å². The molecule has 0 aliphatic carbocycles. The van der Waals surface area contributed by atoms with Crippen LogP contribution >= 0.6 is 0 Å². The van der Waals surface area contributed by atoms with Gasteiger partial charge >= 0.3 is 0 Å². The van der Waals surface area contributed by atoms with E-state index in [0.717, 1.165) is 22.6 Å². The molecule has 0 radical (unpaired) electrons. The molecule has 1 amide bonds. The Morgan fingerprint density at radius 1 is 0.971 bits per heavy atom. The molecule has 3 N–H and O–H groups in total. The van der Waals surface area contributed by atoms with Crippen molar-refractivity contribution in [2.45, 2.75) is 0 Å². The summed E-state index contributed by atoms with van der Waals surface area (Å²) in [7, 11) is 1.61. The molecular formula is C25H24N8O2. The van der Waals surface area contributed by atoms with Crippen LogP contribution in [0.5, 0.6) is 0 Å². The Kier molecular flexibility index (Phi) is 8.01. The van der Waals surface area contributed by atoms with Gasteiger partial charge in [-0.3, -0.25) is 15.2 Å². The van der Waals surface area contributed by atoms with Crippen LogP contribution in [0.1, 0.15) is 10.4 Å². The first-order chi connectivity index (χ1) is 17.2. The second kappa shape index (κ2) is 12.0. The zero-order chi connectivity index (χ0) is 24.3. The van der Waals surface area contributed by atoms with Crippen molar-refractivity contribution in [1.82, 2.24) is 15.0 Å². The van der Waals surface area contributed by atoms with Gasteiger partial charge in [0.15, 0.2) is 0 Å². The molecule has 4 rings (SSSR count). The summed E-state index contributed by atoms with van der Waals surface area (Å²) < 4.78 is 4.91. The third-order valence-corrected chi connectivity index (χ3v) is 4.78. The highest BCUT2D eigenvalue weighted by atomic mass is 16.5. The molecule has 35 heavy (non-hydrogen) atoms. The number of amides is 1. The smallest absolute Gasteiger partial charge is 0.255 e. The third-order valence-electron chi connectivity index (χ3n) is 4.78. The summed E-state index contributed by atoms with van der Waals surface area (Å²) in [5.74, 6) is 0.211. The Bertz CT molecular complexity index is 1280. The highest BCUT2D eigenvalue weighted by Crippen LogP contribution is 2.21. The summed E-state index contributed by atoms with van der Waals surface area (Å²) in [6, 6.07) is 19.9. The fourth-order valence-corrected chi connectivity index (χ4v) is 3.07. The van der Waals surface area contributed by atoms with Gasteiger partial charge in [-0.15, -0.1) is 0 Å². The van der Waals surface area contributed by atoms with E-state index in [-0.39, 0.29) is 5.91 Å². The van der Waals surface area contributed by atoms with Crippen molar-refractivity contribution in [2.75, 3.05) is 36.3 Å². The van der Waals surface area contributed by atoms with E-state index in [1.165, 1.54) is 0 Å². The summed E-state index contributed by atoms with van der Waals surface area (Å²) in [6.45, 7) is 0.978. The Hall–Kier alpha value is -4.70. The first-order valence-corrected chi connectivity index (χ1v) is 10.8. The highest BCUT2D eigenvalue weighted by Gasteiger charge is 2.08. The Labute approximate surface area is 202 Å². The molecule has 0 aliphatic heterocycles. The number of nitrogens with one attached hydrogen (secondary N) is 3. The van der Waals surface area contributed by atoms with Gasteiger partial charge in [-0.05, 0) is 60.7 Å². The van der Waals surface area contributed by atoms with Crippen molar-refractivity contribution in [1.29, 1.82) is 0 Å². The van der Waals surface area contributed by atoms with Gasteiger partial charge in [-0.2, -0.15) is 5.11 Å². The summed E-state index contributed by atoms with van der Waals surface area (Å²) in [6.07, 6.45) is 5.15. The van der Waals surface area contributed by atoms with Crippen LogP contribution in [0.25, 0.3) is 11.3 Å². The topological polar surface area (TPSA) is 126 Å². The Morgan fingerprint density at radius 2 is 1.83 bits per heavy atom. The van der Waals surface area contributed by atoms with Crippen LogP contribution in [0.2, 0.25) is 0 Å². The van der Waals surface area contributed by atoms with E-state index >= 15 is 0 Å². The predicted octanol–water partition coefficient (Wildman–Crippen LogP) is 4.96. The number of nitrogens with zero attached hydrogens (tertiary/aromatic N) is 5. The number of anilines is 4. The van der Waals surface area contributed by atoms with E-state index in [2.05, 4.69) is 41.3 Å². The minimum Gasteiger partial charge on any atom is -0.383 e. The van der Waals surface area contributed by atoms with Crippen LogP contribution in [0.15, 0.2) is 95.7 Å². The minimum atomic E-state index is -0.231. The summed E-state index contributed by atoms with van der Waals surface area (Å²) in [5.41, 5.74) is 7.08. The number of pyridine rings is 1. The number of ether oxygens (including phenoxy) is 1. The standard InChI is InChI=1S/C25H24N8O2/c1-35-15-14-28-33-32-20-9-7-18(8-10-20)24(34)29-21-5-2-6-22(16-21)30-25-27-13-11-23(31-25)19-4-3-12-26-17-19/h2-13,16-17H,14-15H2,1H3,(H,28,32)(H,29,34)(H,27,30,31). The van der Waals surface area contributed by atoms with Crippen LogP contribution in [0, 0.1) is 0 Å². The van der Waals surface area contributed by atoms with Crippen molar-refractivity contribution in [3.8, 4) is 11.3 Å². The van der Waals surface area contributed by atoms with Crippen LogP contribution < -0.4 is 16.1 Å². The molecule has 10 heteroatoms. The van der Waals surface area contributed by atoms with Crippen molar-refractivity contribution >= 4 is 28.9 Å². The second-order valence-electron chi connectivity index (χ2n) is 7.31. The van der Waals surface area contributed by atoms with Gasteiger partial charge in [0.1, 0.15) is 0 Å². The summed E-state index contributed by atoms with van der Waals surface area (Å²) in [4.78, 5) is 25.6. The van der Waals surface area contributed by atoms with Crippen LogP contribution in [0.3, 0.4) is 0 Å². The molecule has 2 heterocycles. The number of carbonyl (C=O) groups is 1. The molecule has 0 saturated carbocycles. The predicted molar refractivity (Wildman–Crippen MR) is 135 cm³/mol. The van der Waals surface area contributed by atoms with E-state index in [4.69, 9.17) is 4.74 Å². The average molecular weight is 469 g/mol. The Balaban J connectivity index is 1.37. The van der Waals surface area contributed by atoms with Gasteiger partial charge in [-0.25, -0.2) is 9.97 Å². The molecule has 2 aromatic heterocycles. The maximum absolute atomic E-state index is 12.7. The number of carbonyl (C=O) groups excluding carboxylic acids is 1. The van der Waals surface area contributed by atoms with Gasteiger partial charge in [0.2, 0.25) is 5.95 Å². The fourth-order valence-electron chi connectivity index (χ4n) is 3.07. The van der Waals surface area contributed by atoms with E-state index in [0.29, 0.717) is 30.4 Å². The zero-order valence-corrected chi connectivity index (χ0v) is 19.0. The molecule has 176 valence electrons. The van der Waals surface area contributed by atoms with Gasteiger partial charge in [0, 0.05) is 48.2 Å². The molecule has 0 unspecified atom stereocenters. The lowest BCUT2D eigenvalue weighted by atomic mass is 10.2. The lowest BCUT2D eigenvalue weighted by Gasteiger charge is -2.10. The van der Waals surface area contributed by atoms with E-state index in [1.807, 2.05) is 42.5 Å².